The summed E-state index contributed by atoms with van der Waals surface area (Å²) in [6, 6.07) is 15.9. The molecule has 3 aromatic rings. The van der Waals surface area contributed by atoms with Gasteiger partial charge in [-0.2, -0.15) is 5.10 Å². The van der Waals surface area contributed by atoms with Gasteiger partial charge in [0.1, 0.15) is 11.6 Å². The van der Waals surface area contributed by atoms with Crippen LogP contribution in [0.2, 0.25) is 5.02 Å². The van der Waals surface area contributed by atoms with Gasteiger partial charge in [-0.25, -0.2) is 9.40 Å². The lowest BCUT2D eigenvalue weighted by Crippen LogP contribution is -2.48. The number of benzene rings is 2. The maximum atomic E-state index is 13.4. The molecule has 4 nitrogen and oxygen atoms in total. The van der Waals surface area contributed by atoms with E-state index in [9.17, 15) is 4.39 Å². The second kappa shape index (κ2) is 6.31. The summed E-state index contributed by atoms with van der Waals surface area (Å²) in [5.74, 6) is 0.530. The van der Waals surface area contributed by atoms with Gasteiger partial charge in [-0.1, -0.05) is 23.7 Å². The minimum atomic E-state index is -0.795. The lowest BCUT2D eigenvalue weighted by atomic mass is 9.93. The van der Waals surface area contributed by atoms with E-state index in [0.29, 0.717) is 11.4 Å². The van der Waals surface area contributed by atoms with Gasteiger partial charge in [-0.05, 0) is 48.0 Å². The van der Waals surface area contributed by atoms with Crippen molar-refractivity contribution in [3.63, 3.8) is 0 Å². The predicted molar refractivity (Wildman–Crippen MR) is 106 cm³/mol. The van der Waals surface area contributed by atoms with Crippen LogP contribution >= 0.6 is 11.6 Å². The molecular weight excluding hydrogens is 377 g/mol. The van der Waals surface area contributed by atoms with Crippen LogP contribution in [0.3, 0.4) is 0 Å². The molecule has 0 saturated heterocycles. The second-order valence-corrected chi connectivity index (χ2v) is 7.56. The summed E-state index contributed by atoms with van der Waals surface area (Å²) < 4.78 is 19.8. The highest BCUT2D eigenvalue weighted by Gasteiger charge is 2.48. The lowest BCUT2D eigenvalue weighted by Gasteiger charge is -2.46. The molecule has 2 atom stereocenters. The summed E-state index contributed by atoms with van der Waals surface area (Å²) in [6.07, 6.45) is 4.18. The van der Waals surface area contributed by atoms with Gasteiger partial charge in [0.2, 0.25) is 5.72 Å². The van der Waals surface area contributed by atoms with Crippen LogP contribution in [0.25, 0.3) is 0 Å². The van der Waals surface area contributed by atoms with E-state index in [1.807, 2.05) is 42.3 Å². The summed E-state index contributed by atoms with van der Waals surface area (Å²) in [6.45, 7) is 2.00. The Morgan fingerprint density at radius 2 is 1.86 bits per heavy atom. The molecule has 6 heteroatoms. The first-order valence-electron chi connectivity index (χ1n) is 9.06. The minimum absolute atomic E-state index is 0.0272. The van der Waals surface area contributed by atoms with Gasteiger partial charge in [0.05, 0.1) is 11.8 Å². The molecule has 0 unspecified atom stereocenters. The molecule has 0 N–H and O–H groups in total. The minimum Gasteiger partial charge on any atom is -0.462 e. The van der Waals surface area contributed by atoms with Gasteiger partial charge in [-0.3, -0.25) is 4.98 Å². The Morgan fingerprint density at radius 3 is 2.61 bits per heavy atom. The lowest BCUT2D eigenvalue weighted by molar-refractivity contribution is -0.112. The first-order valence-corrected chi connectivity index (χ1v) is 9.44. The molecule has 0 bridgehead atoms. The quantitative estimate of drug-likeness (QED) is 0.593. The topological polar surface area (TPSA) is 37.7 Å². The fraction of sp³-hybridized carbons (Fsp3) is 0.182. The fourth-order valence-electron chi connectivity index (χ4n) is 3.95. The van der Waals surface area contributed by atoms with Crippen LogP contribution in [0.4, 0.5) is 4.39 Å². The zero-order valence-electron chi connectivity index (χ0n) is 15.1. The molecule has 0 radical (unpaired) electrons. The Labute approximate surface area is 167 Å². The van der Waals surface area contributed by atoms with Crippen LogP contribution in [0.5, 0.6) is 5.75 Å². The molecule has 5 rings (SSSR count). The van der Waals surface area contributed by atoms with Gasteiger partial charge in [0.25, 0.3) is 0 Å². The Balaban J connectivity index is 1.65. The van der Waals surface area contributed by atoms with Crippen molar-refractivity contribution >= 4 is 17.3 Å². The zero-order valence-corrected chi connectivity index (χ0v) is 15.9. The molecule has 2 aliphatic rings. The van der Waals surface area contributed by atoms with Gasteiger partial charge >= 0.3 is 0 Å². The van der Waals surface area contributed by atoms with Crippen LogP contribution < -0.4 is 4.74 Å². The first-order chi connectivity index (χ1) is 13.5. The van der Waals surface area contributed by atoms with Crippen molar-refractivity contribution in [3.05, 3.63) is 94.5 Å². The molecule has 0 saturated carbocycles. The molecule has 1 aromatic heterocycles. The van der Waals surface area contributed by atoms with Gasteiger partial charge in [0, 0.05) is 41.9 Å². The van der Waals surface area contributed by atoms with Crippen LogP contribution in [-0.4, -0.2) is 15.7 Å². The Kier molecular flexibility index (Phi) is 3.88. The SMILES string of the molecule is C[C@]1(c2ccncc2)Oc2ccc(Cl)cc2[C@H]2CC(c3ccc(F)cc3)=NN21. The highest BCUT2D eigenvalue weighted by Crippen LogP contribution is 2.50. The predicted octanol–water partition coefficient (Wildman–Crippen LogP) is 5.29. The third kappa shape index (κ3) is 2.66. The Hall–Kier alpha value is -2.92. The molecule has 0 amide bonds. The summed E-state index contributed by atoms with van der Waals surface area (Å²) in [4.78, 5) is 4.12. The van der Waals surface area contributed by atoms with Crippen molar-refractivity contribution in [1.82, 2.24) is 9.99 Å². The Bertz CT molecular complexity index is 1070. The first kappa shape index (κ1) is 17.2. The van der Waals surface area contributed by atoms with E-state index >= 15 is 0 Å². The van der Waals surface area contributed by atoms with Crippen molar-refractivity contribution in [1.29, 1.82) is 0 Å². The van der Waals surface area contributed by atoms with E-state index in [4.69, 9.17) is 21.4 Å². The number of fused-ring (bicyclic) bond motifs is 3. The number of hydrogen-bond acceptors (Lipinski definition) is 4. The zero-order chi connectivity index (χ0) is 19.3. The van der Waals surface area contributed by atoms with E-state index < -0.39 is 5.72 Å². The third-order valence-corrected chi connectivity index (χ3v) is 5.62. The van der Waals surface area contributed by atoms with Gasteiger partial charge in [0.15, 0.2) is 0 Å². The molecule has 0 aliphatic carbocycles. The number of aromatic nitrogens is 1. The average Bonchev–Trinajstić information content (AvgIpc) is 3.17. The van der Waals surface area contributed by atoms with Crippen LogP contribution in [0, 0.1) is 5.82 Å². The maximum absolute atomic E-state index is 13.4. The summed E-state index contributed by atoms with van der Waals surface area (Å²) in [7, 11) is 0. The van der Waals surface area contributed by atoms with E-state index in [1.54, 1.807) is 24.5 Å². The molecule has 2 aliphatic heterocycles. The molecule has 3 heterocycles. The van der Waals surface area contributed by atoms with Gasteiger partial charge in [-0.15, -0.1) is 0 Å². The molecule has 28 heavy (non-hydrogen) atoms. The molecule has 2 aromatic carbocycles. The second-order valence-electron chi connectivity index (χ2n) is 7.12. The summed E-state index contributed by atoms with van der Waals surface area (Å²) in [5.41, 5.74) is 2.95. The summed E-state index contributed by atoms with van der Waals surface area (Å²) >= 11 is 6.26. The number of ether oxygens (including phenoxy) is 1. The molecule has 0 spiro atoms. The Morgan fingerprint density at radius 1 is 1.11 bits per heavy atom. The highest BCUT2D eigenvalue weighted by atomic mass is 35.5. The van der Waals surface area contributed by atoms with E-state index in [2.05, 4.69) is 4.98 Å². The molecule has 140 valence electrons. The van der Waals surface area contributed by atoms with Crippen LogP contribution in [-0.2, 0) is 5.72 Å². The number of nitrogens with zero attached hydrogens (tertiary/aromatic N) is 3. The van der Waals surface area contributed by atoms with E-state index in [0.717, 1.165) is 28.2 Å². The standard InChI is InChI=1S/C22H17ClFN3O/c1-22(15-8-10-25-11-9-15)27-20(18-12-16(23)4-7-21(18)28-22)13-19(26-27)14-2-5-17(24)6-3-14/h2-12,20H,13H2,1H3/t20-,22-/m1/s1. The fourth-order valence-corrected chi connectivity index (χ4v) is 4.13. The number of hydrazone groups is 1. The molecule has 0 fully saturated rings. The monoisotopic (exact) mass is 393 g/mol. The number of hydrogen-bond donors (Lipinski definition) is 0. The smallest absolute Gasteiger partial charge is 0.221 e. The number of halogens is 2. The van der Waals surface area contributed by atoms with Crippen molar-refractivity contribution in [3.8, 4) is 5.75 Å². The maximum Gasteiger partial charge on any atom is 0.221 e. The van der Waals surface area contributed by atoms with Gasteiger partial charge < -0.3 is 4.74 Å². The third-order valence-electron chi connectivity index (χ3n) is 5.38. The largest absolute Gasteiger partial charge is 0.462 e. The highest BCUT2D eigenvalue weighted by molar-refractivity contribution is 6.30. The average molecular weight is 394 g/mol. The summed E-state index contributed by atoms with van der Waals surface area (Å²) in [5, 5.41) is 7.55. The van der Waals surface area contributed by atoms with Crippen LogP contribution in [0.1, 0.15) is 36.1 Å². The van der Waals surface area contributed by atoms with Crippen LogP contribution in [0.15, 0.2) is 72.1 Å². The van der Waals surface area contributed by atoms with E-state index in [1.165, 1.54) is 12.1 Å². The number of rotatable bonds is 2. The van der Waals surface area contributed by atoms with Crippen molar-refractivity contribution in [2.75, 3.05) is 0 Å². The molecular formula is C22H17ClFN3O. The normalized spacial score (nSPS) is 22.9. The van der Waals surface area contributed by atoms with Crippen molar-refractivity contribution in [2.45, 2.75) is 25.1 Å². The van der Waals surface area contributed by atoms with Crippen molar-refractivity contribution < 1.29 is 9.13 Å². The van der Waals surface area contributed by atoms with Crippen molar-refractivity contribution in [2.24, 2.45) is 5.10 Å². The van der Waals surface area contributed by atoms with E-state index in [-0.39, 0.29) is 11.9 Å². The number of pyridine rings is 1.